The summed E-state index contributed by atoms with van der Waals surface area (Å²) in [6.07, 6.45) is 14.2. The molecule has 8 nitrogen and oxygen atoms in total. The molecule has 1 aromatic heterocycles. The second kappa shape index (κ2) is 9.82. The van der Waals surface area contributed by atoms with Crippen LogP contribution < -0.4 is 0 Å². The molecule has 1 unspecified atom stereocenters. The zero-order valence-electron chi connectivity index (χ0n) is 21.8. The average molecular weight is 497 g/mol. The number of methoxy groups -OCH3 is 1. The number of imidazole rings is 1. The number of hydrogen-bond donors (Lipinski definition) is 1. The number of aliphatic hydroxyl groups is 1. The Morgan fingerprint density at radius 3 is 2.72 bits per heavy atom. The molecule has 8 heteroatoms. The monoisotopic (exact) mass is 496 g/mol. The smallest absolute Gasteiger partial charge is 0.339 e. The molecule has 0 saturated heterocycles. The van der Waals surface area contributed by atoms with Crippen LogP contribution in [-0.2, 0) is 30.8 Å². The van der Waals surface area contributed by atoms with E-state index in [9.17, 15) is 14.7 Å². The van der Waals surface area contributed by atoms with Crippen molar-refractivity contribution >= 4 is 18.0 Å². The molecule has 3 heterocycles. The second-order valence-electron chi connectivity index (χ2n) is 10.6. The number of allylic oxidation sites excluding steroid dienone is 3. The van der Waals surface area contributed by atoms with Gasteiger partial charge >= 0.3 is 11.9 Å². The van der Waals surface area contributed by atoms with Crippen molar-refractivity contribution < 1.29 is 28.9 Å². The molecule has 194 valence electrons. The fraction of sp³-hybridized carbons (Fsp3) is 0.536. The molecule has 4 rings (SSSR count). The van der Waals surface area contributed by atoms with E-state index < -0.39 is 29.4 Å². The van der Waals surface area contributed by atoms with Crippen LogP contribution in [0.1, 0.15) is 46.2 Å². The molecule has 2 aliphatic heterocycles. The highest BCUT2D eigenvalue weighted by Gasteiger charge is 2.54. The molecule has 0 amide bonds. The van der Waals surface area contributed by atoms with E-state index in [1.54, 1.807) is 36.2 Å². The lowest BCUT2D eigenvalue weighted by Crippen LogP contribution is -2.47. The summed E-state index contributed by atoms with van der Waals surface area (Å²) in [6.45, 7) is 8.16. The van der Waals surface area contributed by atoms with Gasteiger partial charge in [0.2, 0.25) is 5.79 Å². The van der Waals surface area contributed by atoms with E-state index in [1.165, 1.54) is 24.8 Å². The number of ether oxygens (including phenoxy) is 3. The van der Waals surface area contributed by atoms with Gasteiger partial charge in [0.05, 0.1) is 24.7 Å². The molecule has 0 aromatic carbocycles. The van der Waals surface area contributed by atoms with E-state index in [1.807, 2.05) is 13.1 Å². The van der Waals surface area contributed by atoms with E-state index in [2.05, 4.69) is 31.8 Å². The Labute approximate surface area is 212 Å². The van der Waals surface area contributed by atoms with Crippen molar-refractivity contribution in [2.75, 3.05) is 7.11 Å². The van der Waals surface area contributed by atoms with Crippen LogP contribution in [0, 0.1) is 23.7 Å². The maximum absolute atomic E-state index is 12.9. The largest absolute Gasteiger partial charge is 0.466 e. The Morgan fingerprint density at radius 2 is 2.08 bits per heavy atom. The molecular formula is C28H36N2O6. The van der Waals surface area contributed by atoms with Crippen LogP contribution in [0.15, 0.2) is 54.1 Å². The number of hydrogen-bond acceptors (Lipinski definition) is 7. The van der Waals surface area contributed by atoms with Gasteiger partial charge in [-0.2, -0.15) is 0 Å². The van der Waals surface area contributed by atoms with E-state index in [0.717, 1.165) is 6.42 Å². The van der Waals surface area contributed by atoms with Gasteiger partial charge in [0.25, 0.3) is 0 Å². The summed E-state index contributed by atoms with van der Waals surface area (Å²) in [4.78, 5) is 30.0. The fourth-order valence-corrected chi connectivity index (χ4v) is 5.65. The quantitative estimate of drug-likeness (QED) is 0.377. The number of carbonyl (C=O) groups excluding carboxylic acids is 2. The van der Waals surface area contributed by atoms with E-state index in [-0.39, 0.29) is 23.3 Å². The molecule has 0 saturated carbocycles. The third-order valence-electron chi connectivity index (χ3n) is 7.76. The van der Waals surface area contributed by atoms with E-state index in [0.29, 0.717) is 18.0 Å². The lowest BCUT2D eigenvalue weighted by atomic mass is 9.65. The first-order chi connectivity index (χ1) is 17.0. The SMILES string of the molecule is COC(=O)/C1=C/[C@@H]2[C@@H](C(C)C)CC=C(C)[C@@H]2CC(OC(=O)/C=C\c2cn(C)cn2)[C@]2(C)C=C[C@@]1(O)O2. The first-order valence-corrected chi connectivity index (χ1v) is 12.4. The summed E-state index contributed by atoms with van der Waals surface area (Å²) in [5, 5.41) is 11.5. The number of aromatic nitrogens is 2. The first kappa shape index (κ1) is 26.1. The van der Waals surface area contributed by atoms with Gasteiger partial charge in [-0.3, -0.25) is 0 Å². The van der Waals surface area contributed by atoms with Crippen LogP contribution in [-0.4, -0.2) is 51.2 Å². The van der Waals surface area contributed by atoms with Crippen LogP contribution in [0.3, 0.4) is 0 Å². The Kier molecular flexibility index (Phi) is 7.12. The fourth-order valence-electron chi connectivity index (χ4n) is 5.65. The zero-order chi connectivity index (χ0) is 26.3. The summed E-state index contributed by atoms with van der Waals surface area (Å²) < 4.78 is 19.0. The predicted molar refractivity (Wildman–Crippen MR) is 134 cm³/mol. The standard InChI is InChI=1S/C28H36N2O6/c1-17(2)20-9-7-18(3)21-14-24(35-25(31)10-8-19-15-30(5)16-29-19)27(4)11-12-28(33,36-27)23(13-22(20)21)26(32)34-6/h7-8,10-13,15-17,20-22,24,33H,9,14H2,1-6H3/b10-8-,23-13-/t20-,21+,22-,24?,27+,28-/m1/s1. The minimum atomic E-state index is -1.98. The lowest BCUT2D eigenvalue weighted by Gasteiger charge is -2.41. The molecule has 3 aliphatic rings. The van der Waals surface area contributed by atoms with Gasteiger partial charge < -0.3 is 23.9 Å². The van der Waals surface area contributed by atoms with E-state index in [4.69, 9.17) is 14.2 Å². The Balaban J connectivity index is 1.73. The highest BCUT2D eigenvalue weighted by atomic mass is 16.7. The van der Waals surface area contributed by atoms with Crippen LogP contribution >= 0.6 is 0 Å². The van der Waals surface area contributed by atoms with Crippen LogP contribution in [0.25, 0.3) is 6.08 Å². The van der Waals surface area contributed by atoms with Crippen molar-refractivity contribution in [1.29, 1.82) is 0 Å². The number of aryl methyl sites for hydroxylation is 1. The van der Waals surface area contributed by atoms with Gasteiger partial charge in [0.15, 0.2) is 0 Å². The maximum Gasteiger partial charge on any atom is 0.339 e. The number of carbonyl (C=O) groups is 2. The Morgan fingerprint density at radius 1 is 1.33 bits per heavy atom. The lowest BCUT2D eigenvalue weighted by molar-refractivity contribution is -0.216. The third kappa shape index (κ3) is 4.97. The molecule has 0 fully saturated rings. The topological polar surface area (TPSA) is 99.9 Å². The molecule has 1 N–H and O–H groups in total. The summed E-state index contributed by atoms with van der Waals surface area (Å²) in [5.74, 6) is -2.68. The minimum absolute atomic E-state index is 0.0137. The summed E-state index contributed by atoms with van der Waals surface area (Å²) in [6, 6.07) is 0. The molecule has 0 spiro atoms. The molecule has 1 aliphatic carbocycles. The molecule has 1 aromatic rings. The Bertz CT molecular complexity index is 1140. The van der Waals surface area contributed by atoms with Crippen LogP contribution in [0.5, 0.6) is 0 Å². The van der Waals surface area contributed by atoms with Crippen molar-refractivity contribution in [2.45, 2.75) is 58.0 Å². The number of nitrogens with zero attached hydrogens (tertiary/aromatic N) is 2. The van der Waals surface area contributed by atoms with Crippen LogP contribution in [0.2, 0.25) is 0 Å². The van der Waals surface area contributed by atoms with Gasteiger partial charge in [-0.25, -0.2) is 14.6 Å². The normalized spacial score (nSPS) is 35.3. The number of fused-ring (bicyclic) bond motifs is 3. The van der Waals surface area contributed by atoms with Crippen molar-refractivity contribution in [2.24, 2.45) is 30.7 Å². The van der Waals surface area contributed by atoms with E-state index >= 15 is 0 Å². The zero-order valence-corrected chi connectivity index (χ0v) is 21.8. The van der Waals surface area contributed by atoms with Gasteiger partial charge in [0, 0.05) is 19.3 Å². The summed E-state index contributed by atoms with van der Waals surface area (Å²) in [5.41, 5.74) is 0.706. The summed E-state index contributed by atoms with van der Waals surface area (Å²) in [7, 11) is 3.14. The van der Waals surface area contributed by atoms with Crippen molar-refractivity contribution in [3.05, 3.63) is 59.7 Å². The van der Waals surface area contributed by atoms with Gasteiger partial charge in [-0.15, -0.1) is 0 Å². The molecular weight excluding hydrogens is 460 g/mol. The van der Waals surface area contributed by atoms with Crippen molar-refractivity contribution in [1.82, 2.24) is 9.55 Å². The summed E-state index contributed by atoms with van der Waals surface area (Å²) >= 11 is 0. The second-order valence-corrected chi connectivity index (χ2v) is 10.6. The van der Waals surface area contributed by atoms with Crippen molar-refractivity contribution in [3.63, 3.8) is 0 Å². The molecule has 2 bridgehead atoms. The molecule has 36 heavy (non-hydrogen) atoms. The predicted octanol–water partition coefficient (Wildman–Crippen LogP) is 3.74. The average Bonchev–Trinajstić information content (AvgIpc) is 3.39. The highest BCUT2D eigenvalue weighted by molar-refractivity contribution is 5.91. The molecule has 0 radical (unpaired) electrons. The van der Waals surface area contributed by atoms with Gasteiger partial charge in [-0.1, -0.05) is 31.6 Å². The highest BCUT2D eigenvalue weighted by Crippen LogP contribution is 2.49. The van der Waals surface area contributed by atoms with Crippen molar-refractivity contribution in [3.8, 4) is 0 Å². The van der Waals surface area contributed by atoms with Gasteiger partial charge in [-0.05, 0) is 68.6 Å². The first-order valence-electron chi connectivity index (χ1n) is 12.4. The maximum atomic E-state index is 12.9. The van der Waals surface area contributed by atoms with Gasteiger partial charge in [0.1, 0.15) is 11.7 Å². The Hall–Kier alpha value is -2.97. The third-order valence-corrected chi connectivity index (χ3v) is 7.76. The molecule has 6 atom stereocenters. The van der Waals surface area contributed by atoms with Crippen LogP contribution in [0.4, 0.5) is 0 Å². The minimum Gasteiger partial charge on any atom is -0.466 e. The number of esters is 2. The number of rotatable bonds is 5.